The van der Waals surface area contributed by atoms with Gasteiger partial charge in [-0.05, 0) is 43.5 Å². The number of benzene rings is 1. The first-order valence-electron chi connectivity index (χ1n) is 8.80. The zero-order chi connectivity index (χ0) is 18.7. The third kappa shape index (κ3) is 4.57. The van der Waals surface area contributed by atoms with Crippen molar-refractivity contribution in [1.82, 2.24) is 4.90 Å². The van der Waals surface area contributed by atoms with Crippen LogP contribution in [0, 0.1) is 0 Å². The van der Waals surface area contributed by atoms with Crippen molar-refractivity contribution < 1.29 is 22.7 Å². The van der Waals surface area contributed by atoms with Crippen LogP contribution >= 0.6 is 11.6 Å². The maximum absolute atomic E-state index is 12.8. The summed E-state index contributed by atoms with van der Waals surface area (Å²) in [6, 6.07) is 5.95. The van der Waals surface area contributed by atoms with Gasteiger partial charge in [-0.15, -0.1) is 0 Å². The Morgan fingerprint density at radius 3 is 2.31 bits per heavy atom. The Labute approximate surface area is 158 Å². The molecule has 1 aliphatic carbocycles. The summed E-state index contributed by atoms with van der Waals surface area (Å²) in [4.78, 5) is 26.5. The van der Waals surface area contributed by atoms with Crippen molar-refractivity contribution in [1.29, 1.82) is 0 Å². The highest BCUT2D eigenvalue weighted by Crippen LogP contribution is 2.29. The Balaban J connectivity index is 1.65. The molecule has 1 saturated carbocycles. The number of ether oxygens (including phenoxy) is 1. The minimum atomic E-state index is -3.10. The number of carbonyl (C=O) groups is 2. The van der Waals surface area contributed by atoms with Gasteiger partial charge < -0.3 is 9.64 Å². The molecule has 0 spiro atoms. The lowest BCUT2D eigenvalue weighted by Crippen LogP contribution is -2.48. The van der Waals surface area contributed by atoms with Crippen LogP contribution in [0.3, 0.4) is 0 Å². The fraction of sp³-hybridized carbons (Fsp3) is 0.556. The molecular formula is C18H22ClNO5S. The van der Waals surface area contributed by atoms with E-state index in [1.54, 1.807) is 17.0 Å². The lowest BCUT2D eigenvalue weighted by molar-refractivity contribution is -0.139. The van der Waals surface area contributed by atoms with Crippen molar-refractivity contribution in [3.8, 4) is 0 Å². The zero-order valence-corrected chi connectivity index (χ0v) is 16.0. The number of sulfone groups is 1. The van der Waals surface area contributed by atoms with Crippen molar-refractivity contribution in [2.45, 2.75) is 44.2 Å². The molecule has 0 bridgehead atoms. The molecule has 2 aliphatic rings. The van der Waals surface area contributed by atoms with E-state index >= 15 is 0 Å². The van der Waals surface area contributed by atoms with Gasteiger partial charge >= 0.3 is 5.97 Å². The Bertz CT molecular complexity index is 771. The third-order valence-electron chi connectivity index (χ3n) is 5.01. The van der Waals surface area contributed by atoms with Crippen molar-refractivity contribution in [2.75, 3.05) is 18.1 Å². The van der Waals surface area contributed by atoms with E-state index in [4.69, 9.17) is 16.3 Å². The van der Waals surface area contributed by atoms with E-state index in [2.05, 4.69) is 0 Å². The van der Waals surface area contributed by atoms with E-state index < -0.39 is 15.8 Å². The Hall–Kier alpha value is -1.60. The largest absolute Gasteiger partial charge is 0.452 e. The van der Waals surface area contributed by atoms with E-state index in [1.807, 2.05) is 0 Å². The van der Waals surface area contributed by atoms with Gasteiger partial charge in [0.2, 0.25) is 0 Å². The third-order valence-corrected chi connectivity index (χ3v) is 7.02. The summed E-state index contributed by atoms with van der Waals surface area (Å²) in [7, 11) is -3.10. The molecule has 26 heavy (non-hydrogen) atoms. The Morgan fingerprint density at radius 1 is 1.08 bits per heavy atom. The summed E-state index contributed by atoms with van der Waals surface area (Å²) < 4.78 is 28.8. The number of nitrogens with zero attached hydrogens (tertiary/aromatic N) is 1. The normalized spacial score (nSPS) is 22.3. The first-order chi connectivity index (χ1) is 12.4. The van der Waals surface area contributed by atoms with Gasteiger partial charge in [-0.25, -0.2) is 13.2 Å². The minimum absolute atomic E-state index is 0.000368. The summed E-state index contributed by atoms with van der Waals surface area (Å²) in [6.07, 6.45) is 4.24. The van der Waals surface area contributed by atoms with E-state index in [0.29, 0.717) is 17.0 Å². The SMILES string of the molecule is O=C(OCC(=O)N(C1CCCC1)[C@H]1CCS(=O)(=O)C1)c1ccc(Cl)cc1. The van der Waals surface area contributed by atoms with Gasteiger partial charge in [0.15, 0.2) is 16.4 Å². The van der Waals surface area contributed by atoms with Gasteiger partial charge in [0.1, 0.15) is 0 Å². The van der Waals surface area contributed by atoms with E-state index in [1.165, 1.54) is 12.1 Å². The van der Waals surface area contributed by atoms with Crippen LogP contribution in [0.25, 0.3) is 0 Å². The summed E-state index contributed by atoms with van der Waals surface area (Å²) >= 11 is 5.79. The predicted octanol–water partition coefficient (Wildman–Crippen LogP) is 2.46. The van der Waals surface area contributed by atoms with Crippen LogP contribution < -0.4 is 0 Å². The average molecular weight is 400 g/mol. The van der Waals surface area contributed by atoms with Gasteiger partial charge in [0.25, 0.3) is 5.91 Å². The number of esters is 1. The molecule has 1 aromatic carbocycles. The summed E-state index contributed by atoms with van der Waals surface area (Å²) in [5.74, 6) is -0.805. The number of amides is 1. The molecule has 0 aromatic heterocycles. The molecule has 0 N–H and O–H groups in total. The number of hydrogen-bond acceptors (Lipinski definition) is 5. The van der Waals surface area contributed by atoms with Gasteiger partial charge in [-0.2, -0.15) is 0 Å². The standard InChI is InChI=1S/C18H22ClNO5S/c19-14-7-5-13(6-8-14)18(22)25-11-17(21)20(15-3-1-2-4-15)16-9-10-26(23,24)12-16/h5-8,15-16H,1-4,9-12H2/t16-/m0/s1. The Morgan fingerprint density at radius 2 is 1.73 bits per heavy atom. The topological polar surface area (TPSA) is 80.8 Å². The Kier molecular flexibility index (Phi) is 5.87. The van der Waals surface area contributed by atoms with Crippen LogP contribution in [0.15, 0.2) is 24.3 Å². The van der Waals surface area contributed by atoms with Crippen LogP contribution in [0.4, 0.5) is 0 Å². The zero-order valence-electron chi connectivity index (χ0n) is 14.4. The van der Waals surface area contributed by atoms with Crippen molar-refractivity contribution in [3.63, 3.8) is 0 Å². The molecule has 0 radical (unpaired) electrons. The fourth-order valence-corrected chi connectivity index (χ4v) is 5.59. The minimum Gasteiger partial charge on any atom is -0.452 e. The molecule has 142 valence electrons. The number of halogens is 1. The van der Waals surface area contributed by atoms with Crippen molar-refractivity contribution >= 4 is 33.3 Å². The predicted molar refractivity (Wildman–Crippen MR) is 97.9 cm³/mol. The highest BCUT2D eigenvalue weighted by Gasteiger charge is 2.39. The number of carbonyl (C=O) groups excluding carboxylic acids is 2. The smallest absolute Gasteiger partial charge is 0.338 e. The fourth-order valence-electron chi connectivity index (χ4n) is 3.75. The summed E-state index contributed by atoms with van der Waals surface area (Å²) in [6.45, 7) is -0.380. The van der Waals surface area contributed by atoms with Crippen molar-refractivity contribution in [3.05, 3.63) is 34.9 Å². The highest BCUT2D eigenvalue weighted by atomic mass is 35.5. The van der Waals surface area contributed by atoms with Crippen molar-refractivity contribution in [2.24, 2.45) is 0 Å². The molecule has 1 aromatic rings. The van der Waals surface area contributed by atoms with Crippen LogP contribution in [0.1, 0.15) is 42.5 Å². The monoisotopic (exact) mass is 399 g/mol. The van der Waals surface area contributed by atoms with Crippen LogP contribution in [-0.4, -0.2) is 55.4 Å². The van der Waals surface area contributed by atoms with Gasteiger partial charge in [-0.1, -0.05) is 24.4 Å². The maximum atomic E-state index is 12.8. The van der Waals surface area contributed by atoms with Gasteiger partial charge in [-0.3, -0.25) is 4.79 Å². The highest BCUT2D eigenvalue weighted by molar-refractivity contribution is 7.91. The molecule has 6 nitrogen and oxygen atoms in total. The second-order valence-corrected chi connectivity index (χ2v) is 9.54. The molecule has 0 unspecified atom stereocenters. The molecule has 1 saturated heterocycles. The molecule has 1 heterocycles. The molecule has 1 amide bonds. The maximum Gasteiger partial charge on any atom is 0.338 e. The first-order valence-corrected chi connectivity index (χ1v) is 11.0. The quantitative estimate of drug-likeness (QED) is 0.710. The molecule has 8 heteroatoms. The lowest BCUT2D eigenvalue weighted by Gasteiger charge is -2.33. The first kappa shape index (κ1) is 19.2. The second kappa shape index (κ2) is 7.96. The second-order valence-electron chi connectivity index (χ2n) is 6.88. The number of hydrogen-bond donors (Lipinski definition) is 0. The van der Waals surface area contributed by atoms with Crippen LogP contribution in [0.5, 0.6) is 0 Å². The molecule has 1 atom stereocenters. The summed E-state index contributed by atoms with van der Waals surface area (Å²) in [5.41, 5.74) is 0.318. The van der Waals surface area contributed by atoms with Gasteiger partial charge in [0, 0.05) is 17.1 Å². The molecular weight excluding hydrogens is 378 g/mol. The lowest BCUT2D eigenvalue weighted by atomic mass is 10.1. The van der Waals surface area contributed by atoms with Crippen LogP contribution in [-0.2, 0) is 19.4 Å². The van der Waals surface area contributed by atoms with Crippen LogP contribution in [0.2, 0.25) is 5.02 Å². The van der Waals surface area contributed by atoms with Gasteiger partial charge in [0.05, 0.1) is 17.1 Å². The molecule has 1 aliphatic heterocycles. The summed E-state index contributed by atoms with van der Waals surface area (Å²) in [5, 5.41) is 0.507. The molecule has 3 rings (SSSR count). The van der Waals surface area contributed by atoms with E-state index in [0.717, 1.165) is 25.7 Å². The van der Waals surface area contributed by atoms with E-state index in [9.17, 15) is 18.0 Å². The number of rotatable bonds is 5. The van der Waals surface area contributed by atoms with E-state index in [-0.39, 0.29) is 36.1 Å². The molecule has 2 fully saturated rings. The average Bonchev–Trinajstić information content (AvgIpc) is 3.24.